The molecule has 1 aliphatic heterocycles. The molecule has 19 heavy (non-hydrogen) atoms. The van der Waals surface area contributed by atoms with Crippen LogP contribution < -0.4 is 5.32 Å². The van der Waals surface area contributed by atoms with Crippen LogP contribution in [0.1, 0.15) is 37.8 Å². The number of benzene rings is 1. The Labute approximate surface area is 118 Å². The molecule has 0 saturated carbocycles. The van der Waals surface area contributed by atoms with Crippen LogP contribution in [0, 0.1) is 17.6 Å². The Morgan fingerprint density at radius 2 is 2.05 bits per heavy atom. The summed E-state index contributed by atoms with van der Waals surface area (Å²) in [6, 6.07) is 3.91. The summed E-state index contributed by atoms with van der Waals surface area (Å²) < 4.78 is 26.9. The van der Waals surface area contributed by atoms with Crippen LogP contribution in [-0.2, 0) is 0 Å². The van der Waals surface area contributed by atoms with Crippen LogP contribution in [-0.4, -0.2) is 18.1 Å². The number of thioether (sulfide) groups is 1. The van der Waals surface area contributed by atoms with Gasteiger partial charge in [0.15, 0.2) is 0 Å². The molecule has 1 heterocycles. The zero-order valence-corrected chi connectivity index (χ0v) is 12.1. The molecule has 0 aliphatic carbocycles. The number of halogens is 2. The monoisotopic (exact) mass is 285 g/mol. The first-order valence-corrected chi connectivity index (χ1v) is 8.12. The first-order chi connectivity index (χ1) is 9.20. The lowest BCUT2D eigenvalue weighted by atomic mass is 9.90. The average molecular weight is 285 g/mol. The van der Waals surface area contributed by atoms with Crippen molar-refractivity contribution in [2.75, 3.05) is 18.1 Å². The summed E-state index contributed by atoms with van der Waals surface area (Å²) in [4.78, 5) is 0. The quantitative estimate of drug-likeness (QED) is 0.872. The molecule has 0 spiro atoms. The molecule has 1 aromatic carbocycles. The van der Waals surface area contributed by atoms with Gasteiger partial charge in [0.05, 0.1) is 0 Å². The summed E-state index contributed by atoms with van der Waals surface area (Å²) in [6.07, 6.45) is 3.35. The normalized spacial score (nSPS) is 18.5. The first kappa shape index (κ1) is 14.8. The zero-order chi connectivity index (χ0) is 13.7. The molecule has 0 radical (unpaired) electrons. The minimum Gasteiger partial charge on any atom is -0.310 e. The fourth-order valence-electron chi connectivity index (χ4n) is 2.67. The van der Waals surface area contributed by atoms with Crippen molar-refractivity contribution in [2.24, 2.45) is 5.92 Å². The van der Waals surface area contributed by atoms with Crippen molar-refractivity contribution in [3.05, 3.63) is 35.4 Å². The summed E-state index contributed by atoms with van der Waals surface area (Å²) in [6.45, 7) is 2.81. The molecule has 0 amide bonds. The smallest absolute Gasteiger partial charge is 0.130 e. The van der Waals surface area contributed by atoms with Gasteiger partial charge in [-0.05, 0) is 49.3 Å². The summed E-state index contributed by atoms with van der Waals surface area (Å²) >= 11 is 2.00. The van der Waals surface area contributed by atoms with Crippen molar-refractivity contribution in [3.8, 4) is 0 Å². The van der Waals surface area contributed by atoms with E-state index in [1.54, 1.807) is 6.07 Å². The Morgan fingerprint density at radius 3 is 2.68 bits per heavy atom. The first-order valence-electron chi connectivity index (χ1n) is 6.96. The number of hydrogen-bond acceptors (Lipinski definition) is 2. The second-order valence-electron chi connectivity index (χ2n) is 5.07. The van der Waals surface area contributed by atoms with Crippen molar-refractivity contribution < 1.29 is 8.78 Å². The van der Waals surface area contributed by atoms with Crippen LogP contribution in [0.15, 0.2) is 18.2 Å². The standard InChI is InChI=1S/C15H21F2NS/c1-2-18-15(9-11-5-7-19-8-6-11)13-4-3-12(16)10-14(13)17/h3-4,10-11,15,18H,2,5-9H2,1H3. The highest BCUT2D eigenvalue weighted by Crippen LogP contribution is 2.32. The van der Waals surface area contributed by atoms with Gasteiger partial charge in [0, 0.05) is 17.7 Å². The molecular formula is C15H21F2NS. The maximum atomic E-state index is 13.9. The minimum absolute atomic E-state index is 0.00120. The molecule has 2 rings (SSSR count). The fraction of sp³-hybridized carbons (Fsp3) is 0.600. The molecule has 4 heteroatoms. The Morgan fingerprint density at radius 1 is 1.32 bits per heavy atom. The van der Waals surface area contributed by atoms with Gasteiger partial charge in [0.2, 0.25) is 0 Å². The van der Waals surface area contributed by atoms with Gasteiger partial charge >= 0.3 is 0 Å². The van der Waals surface area contributed by atoms with Gasteiger partial charge in [-0.3, -0.25) is 0 Å². The molecule has 1 aromatic rings. The SMILES string of the molecule is CCNC(CC1CCSCC1)c1ccc(F)cc1F. The molecule has 1 fully saturated rings. The lowest BCUT2D eigenvalue weighted by molar-refractivity contribution is 0.366. The van der Waals surface area contributed by atoms with E-state index in [2.05, 4.69) is 5.32 Å². The Balaban J connectivity index is 2.09. The molecule has 1 saturated heterocycles. The summed E-state index contributed by atoms with van der Waals surface area (Å²) in [5, 5.41) is 3.34. The lowest BCUT2D eigenvalue weighted by Crippen LogP contribution is -2.25. The zero-order valence-electron chi connectivity index (χ0n) is 11.3. The van der Waals surface area contributed by atoms with E-state index in [1.807, 2.05) is 18.7 Å². The van der Waals surface area contributed by atoms with Crippen molar-refractivity contribution in [1.29, 1.82) is 0 Å². The van der Waals surface area contributed by atoms with Gasteiger partial charge in [0.1, 0.15) is 11.6 Å². The lowest BCUT2D eigenvalue weighted by Gasteiger charge is -2.27. The maximum Gasteiger partial charge on any atom is 0.130 e. The van der Waals surface area contributed by atoms with Gasteiger partial charge in [-0.25, -0.2) is 8.78 Å². The second kappa shape index (κ2) is 7.25. The van der Waals surface area contributed by atoms with E-state index in [9.17, 15) is 8.78 Å². The molecule has 0 aromatic heterocycles. The summed E-state index contributed by atoms with van der Waals surface area (Å²) in [5.74, 6) is 2.11. The van der Waals surface area contributed by atoms with Gasteiger partial charge in [-0.15, -0.1) is 0 Å². The molecule has 1 aliphatic rings. The third-order valence-corrected chi connectivity index (χ3v) is 4.75. The summed E-state index contributed by atoms with van der Waals surface area (Å²) in [7, 11) is 0. The third kappa shape index (κ3) is 4.18. The van der Waals surface area contributed by atoms with Crippen LogP contribution in [0.3, 0.4) is 0 Å². The fourth-order valence-corrected chi connectivity index (χ4v) is 3.87. The van der Waals surface area contributed by atoms with E-state index in [0.717, 1.165) is 19.0 Å². The van der Waals surface area contributed by atoms with E-state index in [0.29, 0.717) is 11.5 Å². The minimum atomic E-state index is -0.509. The van der Waals surface area contributed by atoms with Gasteiger partial charge < -0.3 is 5.32 Å². The van der Waals surface area contributed by atoms with Crippen LogP contribution in [0.5, 0.6) is 0 Å². The molecule has 106 valence electrons. The van der Waals surface area contributed by atoms with Gasteiger partial charge in [-0.1, -0.05) is 13.0 Å². The predicted molar refractivity (Wildman–Crippen MR) is 77.4 cm³/mol. The highest BCUT2D eigenvalue weighted by Gasteiger charge is 2.22. The van der Waals surface area contributed by atoms with Crippen molar-refractivity contribution in [2.45, 2.75) is 32.2 Å². The van der Waals surface area contributed by atoms with E-state index in [4.69, 9.17) is 0 Å². The highest BCUT2D eigenvalue weighted by atomic mass is 32.2. The third-order valence-electron chi connectivity index (χ3n) is 3.70. The van der Waals surface area contributed by atoms with Crippen LogP contribution in [0.25, 0.3) is 0 Å². The predicted octanol–water partition coefficient (Wildman–Crippen LogP) is 4.15. The van der Waals surface area contributed by atoms with Crippen LogP contribution >= 0.6 is 11.8 Å². The Bertz CT molecular complexity index is 405. The number of nitrogens with one attached hydrogen (secondary N) is 1. The average Bonchev–Trinajstić information content (AvgIpc) is 2.39. The van der Waals surface area contributed by atoms with E-state index in [-0.39, 0.29) is 6.04 Å². The van der Waals surface area contributed by atoms with Crippen LogP contribution in [0.4, 0.5) is 8.78 Å². The van der Waals surface area contributed by atoms with E-state index < -0.39 is 11.6 Å². The molecule has 0 bridgehead atoms. The Kier molecular flexibility index (Phi) is 5.64. The van der Waals surface area contributed by atoms with Crippen molar-refractivity contribution in [3.63, 3.8) is 0 Å². The van der Waals surface area contributed by atoms with Crippen molar-refractivity contribution >= 4 is 11.8 Å². The van der Waals surface area contributed by atoms with Gasteiger partial charge in [0.25, 0.3) is 0 Å². The number of hydrogen-bond donors (Lipinski definition) is 1. The topological polar surface area (TPSA) is 12.0 Å². The Hall–Kier alpha value is -0.610. The van der Waals surface area contributed by atoms with Gasteiger partial charge in [-0.2, -0.15) is 11.8 Å². The number of rotatable bonds is 5. The second-order valence-corrected chi connectivity index (χ2v) is 6.29. The largest absolute Gasteiger partial charge is 0.310 e. The van der Waals surface area contributed by atoms with E-state index >= 15 is 0 Å². The maximum absolute atomic E-state index is 13.9. The molecule has 1 nitrogen and oxygen atoms in total. The summed E-state index contributed by atoms with van der Waals surface area (Å²) in [5.41, 5.74) is 0.599. The van der Waals surface area contributed by atoms with E-state index in [1.165, 1.54) is 30.4 Å². The molecular weight excluding hydrogens is 264 g/mol. The molecule has 1 atom stereocenters. The van der Waals surface area contributed by atoms with Crippen molar-refractivity contribution in [1.82, 2.24) is 5.32 Å². The molecule has 1 N–H and O–H groups in total. The highest BCUT2D eigenvalue weighted by molar-refractivity contribution is 7.99. The molecule has 1 unspecified atom stereocenters. The van der Waals surface area contributed by atoms with Crippen LogP contribution in [0.2, 0.25) is 0 Å².